The highest BCUT2D eigenvalue weighted by atomic mass is 16.3. The van der Waals surface area contributed by atoms with Crippen LogP contribution in [-0.2, 0) is 0 Å². The van der Waals surface area contributed by atoms with E-state index in [0.29, 0.717) is 13.1 Å². The molecule has 0 aliphatic carbocycles. The van der Waals surface area contributed by atoms with E-state index in [0.717, 1.165) is 0 Å². The molecule has 0 unspecified atom stereocenters. The Bertz CT molecular complexity index is 169. The fourth-order valence-electron chi connectivity index (χ4n) is 0.583. The van der Waals surface area contributed by atoms with Gasteiger partial charge in [-0.1, -0.05) is 27.7 Å². The summed E-state index contributed by atoms with van der Waals surface area (Å²) in [4.78, 5) is 0. The summed E-state index contributed by atoms with van der Waals surface area (Å²) >= 11 is 0. The smallest absolute Gasteiger partial charge is 0.0671 e. The van der Waals surface area contributed by atoms with Gasteiger partial charge in [0.2, 0.25) is 0 Å². The topological polar surface area (TPSA) is 65.2 Å². The summed E-state index contributed by atoms with van der Waals surface area (Å²) in [6, 6.07) is 0. The van der Waals surface area contributed by atoms with Crippen molar-refractivity contribution < 1.29 is 10.2 Å². The molecule has 0 bridgehead atoms. The van der Waals surface area contributed by atoms with Crippen molar-refractivity contribution in [1.29, 1.82) is 0 Å². The third-order valence-electron chi connectivity index (χ3n) is 1.95. The third-order valence-corrected chi connectivity index (χ3v) is 1.95. The van der Waals surface area contributed by atoms with Crippen LogP contribution in [0.2, 0.25) is 0 Å². The summed E-state index contributed by atoms with van der Waals surface area (Å²) in [6.07, 6.45) is 0. The Hall–Kier alpha value is -0.480. The van der Waals surface area contributed by atoms with E-state index < -0.39 is 0 Å². The van der Waals surface area contributed by atoms with Crippen LogP contribution in [0.25, 0.3) is 0 Å². The first-order chi connectivity index (χ1) is 6.33. The lowest BCUT2D eigenvalue weighted by molar-refractivity contribution is 0.158. The first-order valence-electron chi connectivity index (χ1n) is 4.88. The number of rotatable bonds is 6. The van der Waals surface area contributed by atoms with Crippen molar-refractivity contribution in [1.82, 2.24) is 0 Å². The second kappa shape index (κ2) is 5.41. The summed E-state index contributed by atoms with van der Waals surface area (Å²) in [5.41, 5.74) is -0.403. The Kier molecular flexibility index (Phi) is 5.23. The summed E-state index contributed by atoms with van der Waals surface area (Å²) in [5.74, 6) is 0. The zero-order valence-corrected chi connectivity index (χ0v) is 9.62. The lowest BCUT2D eigenvalue weighted by Gasteiger charge is -2.19. The van der Waals surface area contributed by atoms with Gasteiger partial charge in [-0.15, -0.1) is 0 Å². The second-order valence-corrected chi connectivity index (χ2v) is 5.24. The molecular weight excluding hydrogens is 180 g/mol. The van der Waals surface area contributed by atoms with E-state index in [1.807, 2.05) is 27.7 Å². The highest BCUT2D eigenvalue weighted by Crippen LogP contribution is 2.16. The number of hydrogen-bond acceptors (Lipinski definition) is 4. The number of nitrogens with zero attached hydrogens (tertiary/aromatic N) is 2. The molecule has 0 aromatic carbocycles. The van der Waals surface area contributed by atoms with E-state index in [9.17, 15) is 0 Å². The highest BCUT2D eigenvalue weighted by molar-refractivity contribution is 4.71. The molecule has 4 heteroatoms. The molecule has 0 amide bonds. The summed E-state index contributed by atoms with van der Waals surface area (Å²) in [5, 5.41) is 25.9. The van der Waals surface area contributed by atoms with Gasteiger partial charge >= 0.3 is 0 Å². The van der Waals surface area contributed by atoms with E-state index >= 15 is 0 Å². The van der Waals surface area contributed by atoms with Crippen LogP contribution in [-0.4, -0.2) is 36.5 Å². The minimum absolute atomic E-state index is 0.107. The normalized spacial score (nSPS) is 13.9. The summed E-state index contributed by atoms with van der Waals surface area (Å²) in [7, 11) is 0. The molecule has 0 saturated heterocycles. The van der Waals surface area contributed by atoms with Crippen molar-refractivity contribution in [3.8, 4) is 0 Å². The van der Waals surface area contributed by atoms with Crippen molar-refractivity contribution in [2.45, 2.75) is 27.7 Å². The molecule has 0 radical (unpaired) electrons. The van der Waals surface area contributed by atoms with Gasteiger partial charge in [-0.2, -0.15) is 10.2 Å². The highest BCUT2D eigenvalue weighted by Gasteiger charge is 2.17. The van der Waals surface area contributed by atoms with Gasteiger partial charge in [0.15, 0.2) is 0 Å². The minimum atomic E-state index is -0.202. The predicted octanol–water partition coefficient (Wildman–Crippen LogP) is 1.48. The molecule has 14 heavy (non-hydrogen) atoms. The van der Waals surface area contributed by atoms with E-state index in [-0.39, 0.29) is 24.0 Å². The van der Waals surface area contributed by atoms with Gasteiger partial charge in [-0.25, -0.2) is 0 Å². The average Bonchev–Trinajstić information content (AvgIpc) is 2.13. The van der Waals surface area contributed by atoms with Crippen LogP contribution < -0.4 is 0 Å². The fourth-order valence-corrected chi connectivity index (χ4v) is 0.583. The van der Waals surface area contributed by atoms with E-state index in [4.69, 9.17) is 10.2 Å². The van der Waals surface area contributed by atoms with Gasteiger partial charge < -0.3 is 10.2 Å². The van der Waals surface area contributed by atoms with E-state index in [1.54, 1.807) is 0 Å². The molecule has 84 valence electrons. The zero-order chi connectivity index (χ0) is 11.2. The molecule has 0 aromatic rings. The van der Waals surface area contributed by atoms with Crippen molar-refractivity contribution in [3.05, 3.63) is 0 Å². The van der Waals surface area contributed by atoms with Crippen LogP contribution >= 0.6 is 0 Å². The van der Waals surface area contributed by atoms with Crippen LogP contribution in [0.4, 0.5) is 0 Å². The molecule has 0 heterocycles. The van der Waals surface area contributed by atoms with Gasteiger partial charge in [0.05, 0.1) is 26.3 Å². The number of azo groups is 1. The molecule has 0 atom stereocenters. The molecule has 2 N–H and O–H groups in total. The van der Waals surface area contributed by atoms with Crippen molar-refractivity contribution in [3.63, 3.8) is 0 Å². The zero-order valence-electron chi connectivity index (χ0n) is 9.62. The van der Waals surface area contributed by atoms with Crippen molar-refractivity contribution in [2.24, 2.45) is 21.1 Å². The fraction of sp³-hybridized carbons (Fsp3) is 1.00. The predicted molar refractivity (Wildman–Crippen MR) is 56.3 cm³/mol. The first-order valence-corrected chi connectivity index (χ1v) is 4.88. The molecule has 0 aromatic heterocycles. The Morgan fingerprint density at radius 2 is 1.07 bits per heavy atom. The second-order valence-electron chi connectivity index (χ2n) is 5.24. The van der Waals surface area contributed by atoms with Gasteiger partial charge in [-0.05, 0) is 0 Å². The lowest BCUT2D eigenvalue weighted by Crippen LogP contribution is -2.22. The van der Waals surface area contributed by atoms with Crippen LogP contribution in [0.1, 0.15) is 27.7 Å². The summed E-state index contributed by atoms with van der Waals surface area (Å²) < 4.78 is 0. The van der Waals surface area contributed by atoms with E-state index in [2.05, 4.69) is 10.2 Å². The number of aliphatic hydroxyl groups is 2. The van der Waals surface area contributed by atoms with Gasteiger partial charge in [-0.3, -0.25) is 0 Å². The molecule has 0 saturated carbocycles. The number of hydrogen-bond donors (Lipinski definition) is 2. The third kappa shape index (κ3) is 6.05. The molecule has 4 nitrogen and oxygen atoms in total. The van der Waals surface area contributed by atoms with Crippen LogP contribution in [0.3, 0.4) is 0 Å². The minimum Gasteiger partial charge on any atom is -0.396 e. The molecule has 0 fully saturated rings. The molecule has 0 aliphatic heterocycles. The van der Waals surface area contributed by atoms with Crippen molar-refractivity contribution in [2.75, 3.05) is 26.3 Å². The van der Waals surface area contributed by atoms with Gasteiger partial charge in [0, 0.05) is 10.8 Å². The Morgan fingerprint density at radius 3 is 1.29 bits per heavy atom. The van der Waals surface area contributed by atoms with Crippen LogP contribution in [0.5, 0.6) is 0 Å². The van der Waals surface area contributed by atoms with Gasteiger partial charge in [0.1, 0.15) is 0 Å². The first kappa shape index (κ1) is 13.5. The van der Waals surface area contributed by atoms with Crippen molar-refractivity contribution >= 4 is 0 Å². The molecular formula is C10H22N2O2. The quantitative estimate of drug-likeness (QED) is 0.641. The molecule has 0 aliphatic rings. The Labute approximate surface area is 86.1 Å². The summed E-state index contributed by atoms with van der Waals surface area (Å²) in [6.45, 7) is 8.99. The Balaban J connectivity index is 3.86. The molecule has 0 spiro atoms. The van der Waals surface area contributed by atoms with Crippen LogP contribution in [0.15, 0.2) is 10.2 Å². The van der Waals surface area contributed by atoms with E-state index in [1.165, 1.54) is 0 Å². The molecule has 0 rings (SSSR count). The SMILES string of the molecule is CC(C)(CO)CN=NCC(C)(C)CO. The maximum Gasteiger partial charge on any atom is 0.0671 e. The lowest BCUT2D eigenvalue weighted by atomic mass is 9.95. The van der Waals surface area contributed by atoms with Gasteiger partial charge in [0.25, 0.3) is 0 Å². The maximum absolute atomic E-state index is 8.96. The monoisotopic (exact) mass is 202 g/mol. The number of aliphatic hydroxyl groups excluding tert-OH is 2. The average molecular weight is 202 g/mol. The largest absolute Gasteiger partial charge is 0.396 e. The standard InChI is InChI=1S/C10H22N2O2/c1-9(2,7-13)5-11-12-6-10(3,4)8-14/h13-14H,5-8H2,1-4H3. The maximum atomic E-state index is 8.96. The van der Waals surface area contributed by atoms with Crippen LogP contribution in [0, 0.1) is 10.8 Å². The Morgan fingerprint density at radius 1 is 0.786 bits per heavy atom.